The fourth-order valence-electron chi connectivity index (χ4n) is 5.01. The van der Waals surface area contributed by atoms with E-state index in [1.54, 1.807) is 12.1 Å². The van der Waals surface area contributed by atoms with Crippen molar-refractivity contribution >= 4 is 17.8 Å². The molecule has 1 aliphatic heterocycles. The number of hydrogen-bond acceptors (Lipinski definition) is 4. The van der Waals surface area contributed by atoms with Crippen molar-refractivity contribution in [2.75, 3.05) is 0 Å². The number of fused-ring (bicyclic) bond motifs is 6. The number of rotatable bonds is 2. The van der Waals surface area contributed by atoms with Gasteiger partial charge in [-0.1, -0.05) is 17.2 Å². The van der Waals surface area contributed by atoms with Gasteiger partial charge in [-0.2, -0.15) is 0 Å². The number of benzene rings is 1. The Balaban J connectivity index is 1.34. The second-order valence-electron chi connectivity index (χ2n) is 7.09. The van der Waals surface area contributed by atoms with Gasteiger partial charge < -0.3 is 4.84 Å². The Morgan fingerprint density at radius 2 is 1.71 bits per heavy atom. The summed E-state index contributed by atoms with van der Waals surface area (Å²) in [6.07, 6.45) is 0.955. The fourth-order valence-corrected chi connectivity index (χ4v) is 5.01. The minimum atomic E-state index is -2.67. The summed E-state index contributed by atoms with van der Waals surface area (Å²) in [5.74, 6) is -7.36. The number of imide groups is 1. The topological polar surface area (TPSA) is 63.7 Å². The molecule has 24 heavy (non-hydrogen) atoms. The number of carbonyl (C=O) groups is 3. The van der Waals surface area contributed by atoms with E-state index in [1.165, 1.54) is 12.1 Å². The third kappa shape index (κ3) is 1.55. The number of carbonyl (C=O) groups excluding carboxylic acids is 3. The highest BCUT2D eigenvalue weighted by Gasteiger charge is 2.80. The van der Waals surface area contributed by atoms with Crippen molar-refractivity contribution in [1.29, 1.82) is 0 Å². The number of hydroxylamine groups is 2. The molecule has 3 saturated carbocycles. The molecule has 3 fully saturated rings. The Labute approximate surface area is 135 Å². The molecule has 4 aliphatic rings. The van der Waals surface area contributed by atoms with Crippen LogP contribution in [-0.4, -0.2) is 28.8 Å². The lowest BCUT2D eigenvalue weighted by molar-refractivity contribution is -0.175. The molecule has 5 atom stereocenters. The first-order chi connectivity index (χ1) is 11.4. The zero-order chi connectivity index (χ0) is 16.8. The molecule has 124 valence electrons. The number of hydrogen-bond donors (Lipinski definition) is 0. The first-order valence-corrected chi connectivity index (χ1v) is 7.98. The molecule has 3 aliphatic carbocycles. The zero-order valence-corrected chi connectivity index (χ0v) is 12.4. The van der Waals surface area contributed by atoms with Gasteiger partial charge >= 0.3 is 5.97 Å². The molecule has 0 aromatic heterocycles. The lowest BCUT2D eigenvalue weighted by Crippen LogP contribution is -2.36. The smallest absolute Gasteiger partial charge is 0.329 e. The maximum absolute atomic E-state index is 13.7. The number of alkyl halides is 2. The van der Waals surface area contributed by atoms with Gasteiger partial charge in [0.1, 0.15) is 0 Å². The van der Waals surface area contributed by atoms with E-state index in [4.69, 9.17) is 4.84 Å². The monoisotopic (exact) mass is 333 g/mol. The molecular weight excluding hydrogens is 320 g/mol. The van der Waals surface area contributed by atoms with E-state index < -0.39 is 47.4 Å². The van der Waals surface area contributed by atoms with Gasteiger partial charge in [0.05, 0.1) is 17.0 Å². The maximum Gasteiger partial charge on any atom is 0.336 e. The van der Waals surface area contributed by atoms with Gasteiger partial charge in [-0.25, -0.2) is 13.6 Å². The van der Waals surface area contributed by atoms with Crippen molar-refractivity contribution in [3.8, 4) is 0 Å². The van der Waals surface area contributed by atoms with Crippen molar-refractivity contribution in [3.63, 3.8) is 0 Å². The van der Waals surface area contributed by atoms with E-state index in [2.05, 4.69) is 0 Å². The van der Waals surface area contributed by atoms with Crippen molar-refractivity contribution in [2.24, 2.45) is 29.6 Å². The molecule has 0 N–H and O–H groups in total. The average molecular weight is 333 g/mol. The quantitative estimate of drug-likeness (QED) is 0.779. The lowest BCUT2D eigenvalue weighted by Gasteiger charge is -2.21. The Morgan fingerprint density at radius 1 is 1.08 bits per heavy atom. The summed E-state index contributed by atoms with van der Waals surface area (Å²) < 4.78 is 27.3. The van der Waals surface area contributed by atoms with Crippen LogP contribution in [0.5, 0.6) is 0 Å². The first-order valence-electron chi connectivity index (χ1n) is 7.98. The molecule has 1 aromatic rings. The lowest BCUT2D eigenvalue weighted by atomic mass is 9.89. The molecule has 7 heteroatoms. The van der Waals surface area contributed by atoms with E-state index >= 15 is 0 Å². The van der Waals surface area contributed by atoms with Crippen LogP contribution in [0.2, 0.25) is 0 Å². The summed E-state index contributed by atoms with van der Waals surface area (Å²) in [6, 6.07) is 6.19. The summed E-state index contributed by atoms with van der Waals surface area (Å²) in [7, 11) is 0. The summed E-state index contributed by atoms with van der Waals surface area (Å²) >= 11 is 0. The van der Waals surface area contributed by atoms with Crippen LogP contribution in [0.15, 0.2) is 24.3 Å². The molecular formula is C17H13F2NO4. The van der Waals surface area contributed by atoms with Gasteiger partial charge in [0.2, 0.25) is 0 Å². The van der Waals surface area contributed by atoms with Gasteiger partial charge in [0.15, 0.2) is 0 Å². The first kappa shape index (κ1) is 14.1. The second kappa shape index (κ2) is 4.20. The third-order valence-electron chi connectivity index (χ3n) is 6.02. The highest BCUT2D eigenvalue weighted by Crippen LogP contribution is 2.75. The highest BCUT2D eigenvalue weighted by atomic mass is 19.3. The second-order valence-corrected chi connectivity index (χ2v) is 7.09. The van der Waals surface area contributed by atoms with E-state index in [0.29, 0.717) is 17.9 Å². The van der Waals surface area contributed by atoms with Crippen LogP contribution < -0.4 is 0 Å². The molecule has 2 bridgehead atoms. The summed E-state index contributed by atoms with van der Waals surface area (Å²) in [5.41, 5.74) is 0.356. The standard InChI is InChI=1S/C17H13F2NO4/c18-17(19)12-7-5-10(13(12)17)11(6-7)16(23)24-20-14(21)8-3-1-2-4-9(8)15(20)22/h1-4,7,10-13H,5-6H2. The molecule has 0 radical (unpaired) electrons. The summed E-state index contributed by atoms with van der Waals surface area (Å²) in [6.45, 7) is 0. The third-order valence-corrected chi connectivity index (χ3v) is 6.02. The Kier molecular flexibility index (Phi) is 2.46. The molecule has 1 aromatic carbocycles. The predicted molar refractivity (Wildman–Crippen MR) is 74.7 cm³/mol. The highest BCUT2D eigenvalue weighted by molar-refractivity contribution is 6.20. The Morgan fingerprint density at radius 3 is 2.29 bits per heavy atom. The molecule has 5 nitrogen and oxygen atoms in total. The predicted octanol–water partition coefficient (Wildman–Crippen LogP) is 2.28. The number of nitrogens with zero attached hydrogens (tertiary/aromatic N) is 1. The SMILES string of the molecule is O=C(ON1C(=O)c2ccccc2C1=O)C1CC2CC1C1C2C1(F)F. The average Bonchev–Trinajstić information content (AvgIpc) is 2.94. The van der Waals surface area contributed by atoms with Gasteiger partial charge in [-0.15, -0.1) is 0 Å². The van der Waals surface area contributed by atoms with E-state index in [9.17, 15) is 23.2 Å². The summed E-state index contributed by atoms with van der Waals surface area (Å²) in [4.78, 5) is 41.8. The van der Waals surface area contributed by atoms with Crippen LogP contribution >= 0.6 is 0 Å². The molecule has 1 heterocycles. The summed E-state index contributed by atoms with van der Waals surface area (Å²) in [5, 5.41) is 0.460. The van der Waals surface area contributed by atoms with E-state index in [1.807, 2.05) is 0 Å². The van der Waals surface area contributed by atoms with Gasteiger partial charge in [0.25, 0.3) is 17.7 Å². The van der Waals surface area contributed by atoms with Crippen LogP contribution in [0.4, 0.5) is 8.78 Å². The molecule has 5 rings (SSSR count). The van der Waals surface area contributed by atoms with Gasteiger partial charge in [0, 0.05) is 11.8 Å². The molecule has 2 amide bonds. The van der Waals surface area contributed by atoms with Crippen LogP contribution in [0, 0.1) is 29.6 Å². The van der Waals surface area contributed by atoms with Crippen LogP contribution in [0.25, 0.3) is 0 Å². The van der Waals surface area contributed by atoms with Crippen LogP contribution in [-0.2, 0) is 9.63 Å². The van der Waals surface area contributed by atoms with Crippen molar-refractivity contribution in [1.82, 2.24) is 5.06 Å². The van der Waals surface area contributed by atoms with Gasteiger partial charge in [-0.3, -0.25) is 9.59 Å². The Hall–Kier alpha value is -2.31. The Bertz CT molecular complexity index is 773. The number of amides is 2. The maximum atomic E-state index is 13.7. The largest absolute Gasteiger partial charge is 0.336 e. The molecule has 5 unspecified atom stereocenters. The zero-order valence-electron chi connectivity index (χ0n) is 12.4. The normalized spacial score (nSPS) is 37.4. The van der Waals surface area contributed by atoms with E-state index in [0.717, 1.165) is 0 Å². The van der Waals surface area contributed by atoms with Crippen LogP contribution in [0.3, 0.4) is 0 Å². The molecule has 0 saturated heterocycles. The number of halogens is 2. The van der Waals surface area contributed by atoms with Crippen molar-refractivity contribution < 1.29 is 28.0 Å². The van der Waals surface area contributed by atoms with Gasteiger partial charge in [-0.05, 0) is 36.8 Å². The minimum absolute atomic E-state index is 0.158. The van der Waals surface area contributed by atoms with Crippen molar-refractivity contribution in [2.45, 2.75) is 18.8 Å². The van der Waals surface area contributed by atoms with Crippen LogP contribution in [0.1, 0.15) is 33.6 Å². The van der Waals surface area contributed by atoms with E-state index in [-0.39, 0.29) is 17.0 Å². The minimum Gasteiger partial charge on any atom is -0.329 e. The van der Waals surface area contributed by atoms with Crippen molar-refractivity contribution in [3.05, 3.63) is 35.4 Å². The molecule has 0 spiro atoms. The fraction of sp³-hybridized carbons (Fsp3) is 0.471.